The number of amides is 1. The number of anilines is 1. The van der Waals surface area contributed by atoms with Crippen molar-refractivity contribution in [1.82, 2.24) is 0 Å². The van der Waals surface area contributed by atoms with Crippen LogP contribution in [0.3, 0.4) is 0 Å². The van der Waals surface area contributed by atoms with Gasteiger partial charge in [-0.1, -0.05) is 38.2 Å². The number of rotatable bonds is 4. The molecule has 1 aromatic rings. The van der Waals surface area contributed by atoms with Gasteiger partial charge in [0, 0.05) is 17.2 Å². The van der Waals surface area contributed by atoms with Crippen molar-refractivity contribution >= 4 is 28.8 Å². The molecule has 0 bridgehead atoms. The van der Waals surface area contributed by atoms with Gasteiger partial charge in [0.15, 0.2) is 0 Å². The highest BCUT2D eigenvalue weighted by Gasteiger charge is 2.12. The minimum absolute atomic E-state index is 0.00267. The van der Waals surface area contributed by atoms with Crippen LogP contribution in [0.15, 0.2) is 18.2 Å². The van der Waals surface area contributed by atoms with Crippen molar-refractivity contribution in [3.63, 3.8) is 0 Å². The number of carbonyl (C=O) groups is 1. The van der Waals surface area contributed by atoms with Crippen molar-refractivity contribution in [2.45, 2.75) is 27.2 Å². The van der Waals surface area contributed by atoms with Crippen LogP contribution >= 0.6 is 12.2 Å². The van der Waals surface area contributed by atoms with Crippen LogP contribution in [-0.4, -0.2) is 10.9 Å². The van der Waals surface area contributed by atoms with Crippen LogP contribution in [0.4, 0.5) is 5.69 Å². The van der Waals surface area contributed by atoms with Crippen molar-refractivity contribution in [3.05, 3.63) is 29.3 Å². The van der Waals surface area contributed by atoms with Crippen LogP contribution in [0.2, 0.25) is 0 Å². The predicted molar refractivity (Wildman–Crippen MR) is 75.2 cm³/mol. The molecule has 1 amide bonds. The number of benzene rings is 1. The lowest BCUT2D eigenvalue weighted by atomic mass is 10.1. The lowest BCUT2D eigenvalue weighted by Crippen LogP contribution is -2.20. The summed E-state index contributed by atoms with van der Waals surface area (Å²) in [6.45, 7) is 5.83. The summed E-state index contributed by atoms with van der Waals surface area (Å²) in [6.07, 6.45) is 0.819. The van der Waals surface area contributed by atoms with Crippen LogP contribution in [0.25, 0.3) is 0 Å². The summed E-state index contributed by atoms with van der Waals surface area (Å²) in [6, 6.07) is 5.58. The SMILES string of the molecule is CCC(C)C(=O)Nc1cc(C(N)=S)ccc1C. The topological polar surface area (TPSA) is 55.1 Å². The molecule has 0 radical (unpaired) electrons. The molecule has 0 aliphatic carbocycles. The molecule has 3 N–H and O–H groups in total. The highest BCUT2D eigenvalue weighted by atomic mass is 32.1. The lowest BCUT2D eigenvalue weighted by molar-refractivity contribution is -0.119. The van der Waals surface area contributed by atoms with E-state index < -0.39 is 0 Å². The van der Waals surface area contributed by atoms with Gasteiger partial charge in [-0.3, -0.25) is 4.79 Å². The fourth-order valence-electron chi connectivity index (χ4n) is 1.35. The molecule has 1 atom stereocenters. The molecule has 3 nitrogen and oxygen atoms in total. The zero-order chi connectivity index (χ0) is 13.0. The van der Waals surface area contributed by atoms with Crippen molar-refractivity contribution in [3.8, 4) is 0 Å². The Morgan fingerprint density at radius 2 is 2.18 bits per heavy atom. The summed E-state index contributed by atoms with van der Waals surface area (Å²) in [4.78, 5) is 12.1. The number of nitrogens with two attached hydrogens (primary N) is 1. The third kappa shape index (κ3) is 3.53. The molecular weight excluding hydrogens is 232 g/mol. The standard InChI is InChI=1S/C13H18N2OS/c1-4-8(2)13(16)15-11-7-10(12(14)17)6-5-9(11)3/h5-8H,4H2,1-3H3,(H2,14,17)(H,15,16). The van der Waals surface area contributed by atoms with Crippen molar-refractivity contribution in [2.24, 2.45) is 11.7 Å². The van der Waals surface area contributed by atoms with E-state index in [0.29, 0.717) is 4.99 Å². The van der Waals surface area contributed by atoms with E-state index in [1.165, 1.54) is 0 Å². The van der Waals surface area contributed by atoms with Gasteiger partial charge in [0.2, 0.25) is 5.91 Å². The number of thiocarbonyl (C=S) groups is 1. The van der Waals surface area contributed by atoms with Gasteiger partial charge in [-0.2, -0.15) is 0 Å². The largest absolute Gasteiger partial charge is 0.389 e. The van der Waals surface area contributed by atoms with Gasteiger partial charge < -0.3 is 11.1 Å². The zero-order valence-electron chi connectivity index (χ0n) is 10.4. The van der Waals surface area contributed by atoms with E-state index in [9.17, 15) is 4.79 Å². The highest BCUT2D eigenvalue weighted by molar-refractivity contribution is 7.80. The maximum Gasteiger partial charge on any atom is 0.227 e. The van der Waals surface area contributed by atoms with Gasteiger partial charge in [0.05, 0.1) is 0 Å². The van der Waals surface area contributed by atoms with E-state index in [0.717, 1.165) is 23.2 Å². The van der Waals surface area contributed by atoms with Gasteiger partial charge in [0.25, 0.3) is 0 Å². The van der Waals surface area contributed by atoms with Crippen LogP contribution in [-0.2, 0) is 4.79 Å². The second-order valence-electron chi connectivity index (χ2n) is 4.19. The molecule has 1 unspecified atom stereocenters. The summed E-state index contributed by atoms with van der Waals surface area (Å²) in [5.41, 5.74) is 8.12. The number of hydrogen-bond acceptors (Lipinski definition) is 2. The summed E-state index contributed by atoms with van der Waals surface area (Å²) >= 11 is 4.92. The van der Waals surface area contributed by atoms with Crippen LogP contribution in [0.1, 0.15) is 31.4 Å². The van der Waals surface area contributed by atoms with Gasteiger partial charge in [-0.15, -0.1) is 0 Å². The van der Waals surface area contributed by atoms with E-state index in [-0.39, 0.29) is 11.8 Å². The molecule has 0 heterocycles. The fraction of sp³-hybridized carbons (Fsp3) is 0.385. The predicted octanol–water partition coefficient (Wildman–Crippen LogP) is 2.61. The Morgan fingerprint density at radius 1 is 1.53 bits per heavy atom. The first-order valence-electron chi connectivity index (χ1n) is 5.67. The Hall–Kier alpha value is -1.42. The first-order valence-corrected chi connectivity index (χ1v) is 6.07. The van der Waals surface area contributed by atoms with Crippen LogP contribution in [0.5, 0.6) is 0 Å². The van der Waals surface area contributed by atoms with E-state index >= 15 is 0 Å². The summed E-state index contributed by atoms with van der Waals surface area (Å²) in [5.74, 6) is 0.0265. The Bertz CT molecular complexity index is 443. The maximum atomic E-state index is 11.8. The minimum Gasteiger partial charge on any atom is -0.389 e. The van der Waals surface area contributed by atoms with Gasteiger partial charge >= 0.3 is 0 Å². The Balaban J connectivity index is 2.94. The molecule has 4 heteroatoms. The van der Waals surface area contributed by atoms with E-state index in [1.54, 1.807) is 0 Å². The number of aryl methyl sites for hydroxylation is 1. The molecule has 1 aromatic carbocycles. The quantitative estimate of drug-likeness (QED) is 0.808. The van der Waals surface area contributed by atoms with Gasteiger partial charge in [-0.25, -0.2) is 0 Å². The third-order valence-corrected chi connectivity index (χ3v) is 3.08. The lowest BCUT2D eigenvalue weighted by Gasteiger charge is -2.13. The Morgan fingerprint density at radius 3 is 2.71 bits per heavy atom. The molecule has 1 rings (SSSR count). The van der Waals surface area contributed by atoms with Crippen LogP contribution in [0, 0.1) is 12.8 Å². The number of carbonyl (C=O) groups excluding carboxylic acids is 1. The normalized spacial score (nSPS) is 11.9. The molecule has 0 aromatic heterocycles. The second kappa shape index (κ2) is 5.77. The summed E-state index contributed by atoms with van der Waals surface area (Å²) in [5, 5.41) is 2.90. The Kier molecular flexibility index (Phi) is 4.63. The van der Waals surface area contributed by atoms with E-state index in [1.807, 2.05) is 39.0 Å². The smallest absolute Gasteiger partial charge is 0.227 e. The molecule has 0 spiro atoms. The van der Waals surface area contributed by atoms with E-state index in [2.05, 4.69) is 5.32 Å². The minimum atomic E-state index is 0.00267. The van der Waals surface area contributed by atoms with Crippen LogP contribution < -0.4 is 11.1 Å². The molecule has 0 fully saturated rings. The highest BCUT2D eigenvalue weighted by Crippen LogP contribution is 2.18. The maximum absolute atomic E-state index is 11.8. The molecule has 17 heavy (non-hydrogen) atoms. The fourth-order valence-corrected chi connectivity index (χ4v) is 1.48. The zero-order valence-corrected chi connectivity index (χ0v) is 11.2. The van der Waals surface area contributed by atoms with Gasteiger partial charge in [-0.05, 0) is 25.0 Å². The van der Waals surface area contributed by atoms with E-state index in [4.69, 9.17) is 18.0 Å². The van der Waals surface area contributed by atoms with Crippen molar-refractivity contribution in [2.75, 3.05) is 5.32 Å². The van der Waals surface area contributed by atoms with Crippen molar-refractivity contribution < 1.29 is 4.79 Å². The number of hydrogen-bond donors (Lipinski definition) is 2. The average Bonchev–Trinajstić information content (AvgIpc) is 2.30. The summed E-state index contributed by atoms with van der Waals surface area (Å²) in [7, 11) is 0. The first kappa shape index (κ1) is 13.6. The number of nitrogens with one attached hydrogen (secondary N) is 1. The molecule has 0 aliphatic rings. The van der Waals surface area contributed by atoms with Crippen molar-refractivity contribution in [1.29, 1.82) is 0 Å². The molecular formula is C13H18N2OS. The first-order chi connectivity index (χ1) is 7.95. The average molecular weight is 250 g/mol. The molecule has 0 aliphatic heterocycles. The molecule has 92 valence electrons. The Labute approximate surface area is 107 Å². The molecule has 0 saturated heterocycles. The second-order valence-corrected chi connectivity index (χ2v) is 4.63. The monoisotopic (exact) mass is 250 g/mol. The molecule has 0 saturated carbocycles. The summed E-state index contributed by atoms with van der Waals surface area (Å²) < 4.78 is 0. The third-order valence-electron chi connectivity index (χ3n) is 2.84. The van der Waals surface area contributed by atoms with Gasteiger partial charge in [0.1, 0.15) is 4.99 Å².